The number of hydrogen-bond donors (Lipinski definition) is 0. The van der Waals surface area contributed by atoms with Gasteiger partial charge in [-0.2, -0.15) is 0 Å². The zero-order valence-corrected chi connectivity index (χ0v) is 11.8. The minimum atomic E-state index is -0.523. The number of rotatable bonds is 2. The fourth-order valence-corrected chi connectivity index (χ4v) is 2.22. The van der Waals surface area contributed by atoms with Crippen LogP contribution in [-0.2, 0) is 0 Å². The van der Waals surface area contributed by atoms with Gasteiger partial charge < -0.3 is 0 Å². The van der Waals surface area contributed by atoms with E-state index in [-0.39, 0.29) is 11.3 Å². The van der Waals surface area contributed by atoms with Crippen molar-refractivity contribution in [2.75, 3.05) is 0 Å². The molecule has 0 aliphatic heterocycles. The van der Waals surface area contributed by atoms with Crippen LogP contribution in [0.1, 0.15) is 32.6 Å². The third-order valence-electron chi connectivity index (χ3n) is 3.19. The summed E-state index contributed by atoms with van der Waals surface area (Å²) >= 11 is 6.10. The van der Waals surface area contributed by atoms with Gasteiger partial charge in [-0.05, 0) is 56.2 Å². The smallest absolute Gasteiger partial charge is 0.197 e. The average molecular weight is 277 g/mol. The van der Waals surface area contributed by atoms with Crippen LogP contribution in [0.2, 0.25) is 5.02 Å². The van der Waals surface area contributed by atoms with E-state index in [4.69, 9.17) is 11.6 Å². The van der Waals surface area contributed by atoms with Crippen molar-refractivity contribution >= 4 is 17.4 Å². The number of benzene rings is 2. The van der Waals surface area contributed by atoms with Crippen LogP contribution in [0, 0.1) is 26.6 Å². The summed E-state index contributed by atoms with van der Waals surface area (Å²) in [6.07, 6.45) is 0. The molecule has 0 atom stereocenters. The van der Waals surface area contributed by atoms with Gasteiger partial charge >= 0.3 is 0 Å². The van der Waals surface area contributed by atoms with Crippen molar-refractivity contribution in [3.05, 3.63) is 69.0 Å². The van der Waals surface area contributed by atoms with Gasteiger partial charge in [0.25, 0.3) is 0 Å². The predicted molar refractivity (Wildman–Crippen MR) is 75.5 cm³/mol. The molecule has 0 N–H and O–H groups in total. The third-order valence-corrected chi connectivity index (χ3v) is 3.51. The molecule has 0 unspecified atom stereocenters. The van der Waals surface area contributed by atoms with Gasteiger partial charge in [-0.1, -0.05) is 23.2 Å². The first kappa shape index (κ1) is 13.8. The summed E-state index contributed by atoms with van der Waals surface area (Å²) in [6, 6.07) is 7.93. The topological polar surface area (TPSA) is 17.1 Å². The Kier molecular flexibility index (Phi) is 3.72. The zero-order chi connectivity index (χ0) is 14.2. The lowest BCUT2D eigenvalue weighted by atomic mass is 9.98. The maximum absolute atomic E-state index is 13.8. The van der Waals surface area contributed by atoms with Gasteiger partial charge in [0.15, 0.2) is 5.78 Å². The van der Waals surface area contributed by atoms with Gasteiger partial charge in [0.1, 0.15) is 5.82 Å². The SMILES string of the molecule is Cc1ccc(F)c(C(=O)c2cc(C)c(C)cc2Cl)c1. The quantitative estimate of drug-likeness (QED) is 0.731. The third kappa shape index (κ3) is 2.69. The molecule has 0 fully saturated rings. The second-order valence-electron chi connectivity index (χ2n) is 4.73. The lowest BCUT2D eigenvalue weighted by Gasteiger charge is -2.09. The molecule has 0 amide bonds. The Hall–Kier alpha value is -1.67. The summed E-state index contributed by atoms with van der Waals surface area (Å²) in [5.41, 5.74) is 3.20. The highest BCUT2D eigenvalue weighted by molar-refractivity contribution is 6.35. The molecule has 0 aliphatic rings. The van der Waals surface area contributed by atoms with E-state index < -0.39 is 5.82 Å². The van der Waals surface area contributed by atoms with E-state index in [1.54, 1.807) is 24.3 Å². The number of carbonyl (C=O) groups excluding carboxylic acids is 1. The van der Waals surface area contributed by atoms with Crippen molar-refractivity contribution in [2.45, 2.75) is 20.8 Å². The minimum Gasteiger partial charge on any atom is -0.288 e. The van der Waals surface area contributed by atoms with Crippen molar-refractivity contribution in [3.8, 4) is 0 Å². The summed E-state index contributed by atoms with van der Waals surface area (Å²) < 4.78 is 13.8. The second-order valence-corrected chi connectivity index (χ2v) is 5.14. The molecule has 0 radical (unpaired) electrons. The minimum absolute atomic E-state index is 0.0603. The maximum Gasteiger partial charge on any atom is 0.197 e. The lowest BCUT2D eigenvalue weighted by molar-refractivity contribution is 0.103. The van der Waals surface area contributed by atoms with Gasteiger partial charge in [-0.3, -0.25) is 4.79 Å². The van der Waals surface area contributed by atoms with Gasteiger partial charge in [0, 0.05) is 5.56 Å². The van der Waals surface area contributed by atoms with Crippen LogP contribution < -0.4 is 0 Å². The Bertz CT molecular complexity index is 662. The van der Waals surface area contributed by atoms with E-state index in [0.29, 0.717) is 10.6 Å². The number of halogens is 2. The molecular formula is C16H14ClFO. The predicted octanol–water partition coefficient (Wildman–Crippen LogP) is 4.64. The standard InChI is InChI=1S/C16H14ClFO/c1-9-4-5-15(18)13(6-9)16(19)12-7-10(2)11(3)8-14(12)17/h4-8H,1-3H3. The Labute approximate surface area is 117 Å². The summed E-state index contributed by atoms with van der Waals surface area (Å²) in [4.78, 5) is 12.4. The molecule has 0 aromatic heterocycles. The largest absolute Gasteiger partial charge is 0.288 e. The van der Waals surface area contributed by atoms with Gasteiger partial charge in [0.05, 0.1) is 10.6 Å². The molecule has 0 spiro atoms. The van der Waals surface area contributed by atoms with E-state index in [2.05, 4.69) is 0 Å². The molecule has 3 heteroatoms. The molecule has 0 saturated carbocycles. The molecule has 98 valence electrons. The average Bonchev–Trinajstić information content (AvgIpc) is 2.36. The van der Waals surface area contributed by atoms with Crippen molar-refractivity contribution in [1.29, 1.82) is 0 Å². The Morgan fingerprint density at radius 3 is 2.32 bits per heavy atom. The fraction of sp³-hybridized carbons (Fsp3) is 0.188. The van der Waals surface area contributed by atoms with Crippen molar-refractivity contribution in [3.63, 3.8) is 0 Å². The van der Waals surface area contributed by atoms with Crippen LogP contribution in [0.5, 0.6) is 0 Å². The van der Waals surface area contributed by atoms with Gasteiger partial charge in [-0.25, -0.2) is 4.39 Å². The molecule has 0 saturated heterocycles. The van der Waals surface area contributed by atoms with Gasteiger partial charge in [-0.15, -0.1) is 0 Å². The Morgan fingerprint density at radius 1 is 1.00 bits per heavy atom. The molecule has 2 aromatic rings. The van der Waals surface area contributed by atoms with E-state index in [1.165, 1.54) is 6.07 Å². The lowest BCUT2D eigenvalue weighted by Crippen LogP contribution is -2.06. The van der Waals surface area contributed by atoms with Crippen LogP contribution >= 0.6 is 11.6 Å². The first-order valence-electron chi connectivity index (χ1n) is 5.97. The summed E-state index contributed by atoms with van der Waals surface area (Å²) in [5, 5.41) is 0.356. The molecule has 0 bridgehead atoms. The summed E-state index contributed by atoms with van der Waals surface area (Å²) in [5.74, 6) is -0.904. The molecular weight excluding hydrogens is 263 g/mol. The van der Waals surface area contributed by atoms with Gasteiger partial charge in [0.2, 0.25) is 0 Å². The summed E-state index contributed by atoms with van der Waals surface area (Å²) in [7, 11) is 0. The molecule has 0 heterocycles. The van der Waals surface area contributed by atoms with E-state index in [0.717, 1.165) is 16.7 Å². The number of aryl methyl sites for hydroxylation is 3. The summed E-state index contributed by atoms with van der Waals surface area (Å²) in [6.45, 7) is 5.63. The number of carbonyl (C=O) groups is 1. The normalized spacial score (nSPS) is 10.6. The first-order chi connectivity index (χ1) is 8.90. The fourth-order valence-electron chi connectivity index (χ4n) is 1.91. The molecule has 0 aliphatic carbocycles. The van der Waals surface area contributed by atoms with Crippen molar-refractivity contribution < 1.29 is 9.18 Å². The number of ketones is 1. The maximum atomic E-state index is 13.8. The molecule has 2 aromatic carbocycles. The van der Waals surface area contributed by atoms with Crippen molar-refractivity contribution in [1.82, 2.24) is 0 Å². The van der Waals surface area contributed by atoms with Crippen molar-refractivity contribution in [2.24, 2.45) is 0 Å². The zero-order valence-electron chi connectivity index (χ0n) is 11.1. The Balaban J connectivity index is 2.56. The monoisotopic (exact) mass is 276 g/mol. The molecule has 19 heavy (non-hydrogen) atoms. The van der Waals surface area contributed by atoms with Crippen LogP contribution in [0.4, 0.5) is 4.39 Å². The molecule has 2 rings (SSSR count). The second kappa shape index (κ2) is 5.14. The van der Waals surface area contributed by atoms with E-state index in [9.17, 15) is 9.18 Å². The van der Waals surface area contributed by atoms with Crippen LogP contribution in [0.25, 0.3) is 0 Å². The highest BCUT2D eigenvalue weighted by Crippen LogP contribution is 2.25. The molecule has 1 nitrogen and oxygen atoms in total. The van der Waals surface area contributed by atoms with Crippen LogP contribution in [0.15, 0.2) is 30.3 Å². The van der Waals surface area contributed by atoms with Crippen LogP contribution in [-0.4, -0.2) is 5.78 Å². The van der Waals surface area contributed by atoms with Crippen LogP contribution in [0.3, 0.4) is 0 Å². The highest BCUT2D eigenvalue weighted by atomic mass is 35.5. The van der Waals surface area contributed by atoms with E-state index in [1.807, 2.05) is 20.8 Å². The van der Waals surface area contributed by atoms with E-state index >= 15 is 0 Å². The number of hydrogen-bond acceptors (Lipinski definition) is 1. The Morgan fingerprint density at radius 2 is 1.63 bits per heavy atom. The first-order valence-corrected chi connectivity index (χ1v) is 6.35. The highest BCUT2D eigenvalue weighted by Gasteiger charge is 2.17.